The van der Waals surface area contributed by atoms with Gasteiger partial charge in [0.05, 0.1) is 5.56 Å². The van der Waals surface area contributed by atoms with Crippen LogP contribution in [-0.2, 0) is 11.2 Å². The SMILES string of the molecule is O=C(N[C@H](Cc1cccc(I)c1)C(=O)O)c1ccccc1F. The van der Waals surface area contributed by atoms with Gasteiger partial charge in [-0.1, -0.05) is 24.3 Å². The van der Waals surface area contributed by atoms with Gasteiger partial charge in [-0.3, -0.25) is 4.79 Å². The molecule has 2 aromatic rings. The van der Waals surface area contributed by atoms with Crippen LogP contribution in [0.3, 0.4) is 0 Å². The molecule has 22 heavy (non-hydrogen) atoms. The van der Waals surface area contributed by atoms with E-state index in [1.807, 2.05) is 18.2 Å². The highest BCUT2D eigenvalue weighted by Gasteiger charge is 2.22. The number of halogens is 2. The molecule has 1 atom stereocenters. The number of carbonyl (C=O) groups is 2. The zero-order valence-corrected chi connectivity index (χ0v) is 13.6. The summed E-state index contributed by atoms with van der Waals surface area (Å²) in [6.07, 6.45) is 0.131. The summed E-state index contributed by atoms with van der Waals surface area (Å²) in [4.78, 5) is 23.4. The molecular weight excluding hydrogens is 400 g/mol. The summed E-state index contributed by atoms with van der Waals surface area (Å²) in [5.41, 5.74) is 0.615. The summed E-state index contributed by atoms with van der Waals surface area (Å²) >= 11 is 2.12. The largest absolute Gasteiger partial charge is 0.480 e. The van der Waals surface area contributed by atoms with Crippen molar-refractivity contribution in [1.82, 2.24) is 5.32 Å². The lowest BCUT2D eigenvalue weighted by Crippen LogP contribution is -2.42. The summed E-state index contributed by atoms with van der Waals surface area (Å²) in [6, 6.07) is 11.7. The van der Waals surface area contributed by atoms with Gasteiger partial charge in [-0.15, -0.1) is 0 Å². The number of carboxylic acid groups (broad SMARTS) is 1. The number of benzene rings is 2. The Morgan fingerprint density at radius 2 is 1.91 bits per heavy atom. The number of hydrogen-bond donors (Lipinski definition) is 2. The second-order valence-electron chi connectivity index (χ2n) is 4.68. The van der Waals surface area contributed by atoms with Crippen molar-refractivity contribution in [3.05, 3.63) is 69.0 Å². The minimum Gasteiger partial charge on any atom is -0.480 e. The number of carboxylic acids is 1. The van der Waals surface area contributed by atoms with Crippen LogP contribution in [0.2, 0.25) is 0 Å². The van der Waals surface area contributed by atoms with Crippen LogP contribution >= 0.6 is 22.6 Å². The van der Waals surface area contributed by atoms with E-state index in [1.54, 1.807) is 6.07 Å². The van der Waals surface area contributed by atoms with Gasteiger partial charge in [0.15, 0.2) is 0 Å². The van der Waals surface area contributed by atoms with Crippen molar-refractivity contribution in [3.63, 3.8) is 0 Å². The Balaban J connectivity index is 2.14. The molecule has 1 amide bonds. The first-order valence-corrected chi connectivity index (χ1v) is 7.58. The highest BCUT2D eigenvalue weighted by Crippen LogP contribution is 2.11. The topological polar surface area (TPSA) is 66.4 Å². The van der Waals surface area contributed by atoms with Crippen LogP contribution in [0.1, 0.15) is 15.9 Å². The Bertz CT molecular complexity index is 705. The van der Waals surface area contributed by atoms with Crippen molar-refractivity contribution >= 4 is 34.5 Å². The molecule has 0 aromatic heterocycles. The molecule has 0 heterocycles. The number of rotatable bonds is 5. The highest BCUT2D eigenvalue weighted by molar-refractivity contribution is 14.1. The van der Waals surface area contributed by atoms with Crippen molar-refractivity contribution in [3.8, 4) is 0 Å². The highest BCUT2D eigenvalue weighted by atomic mass is 127. The van der Waals surface area contributed by atoms with Crippen molar-refractivity contribution in [2.24, 2.45) is 0 Å². The Morgan fingerprint density at radius 3 is 2.55 bits per heavy atom. The Kier molecular flexibility index (Phi) is 5.48. The molecule has 0 spiro atoms. The van der Waals surface area contributed by atoms with Crippen molar-refractivity contribution < 1.29 is 19.1 Å². The van der Waals surface area contributed by atoms with Crippen LogP contribution in [0, 0.1) is 9.39 Å². The molecule has 0 saturated carbocycles. The molecule has 114 valence electrons. The van der Waals surface area contributed by atoms with E-state index in [1.165, 1.54) is 18.2 Å². The second kappa shape index (κ2) is 7.35. The molecule has 0 unspecified atom stereocenters. The standard InChI is InChI=1S/C16H13FINO3/c17-13-7-2-1-6-12(13)15(20)19-14(16(21)22)9-10-4-3-5-11(18)8-10/h1-8,14H,9H2,(H,19,20)(H,21,22)/t14-/m1/s1. The maximum atomic E-state index is 13.6. The summed E-state index contributed by atoms with van der Waals surface area (Å²) < 4.78 is 14.5. The summed E-state index contributed by atoms with van der Waals surface area (Å²) in [6.45, 7) is 0. The molecule has 0 aliphatic rings. The molecule has 2 aromatic carbocycles. The quantitative estimate of drug-likeness (QED) is 0.742. The van der Waals surface area contributed by atoms with Gasteiger partial charge in [-0.2, -0.15) is 0 Å². The Morgan fingerprint density at radius 1 is 1.18 bits per heavy atom. The summed E-state index contributed by atoms with van der Waals surface area (Å²) in [5.74, 6) is -2.59. The fraction of sp³-hybridized carbons (Fsp3) is 0.125. The van der Waals surface area contributed by atoms with Gasteiger partial charge < -0.3 is 10.4 Å². The zero-order chi connectivity index (χ0) is 16.1. The van der Waals surface area contributed by atoms with Gasteiger partial charge in [0.2, 0.25) is 0 Å². The average Bonchev–Trinajstić information content (AvgIpc) is 2.46. The van der Waals surface area contributed by atoms with Crippen molar-refractivity contribution in [2.75, 3.05) is 0 Å². The van der Waals surface area contributed by atoms with E-state index in [2.05, 4.69) is 27.9 Å². The summed E-state index contributed by atoms with van der Waals surface area (Å²) in [7, 11) is 0. The first kappa shape index (κ1) is 16.4. The third kappa shape index (κ3) is 4.27. The van der Waals surface area contributed by atoms with Crippen LogP contribution in [0.15, 0.2) is 48.5 Å². The molecule has 0 fully saturated rings. The van der Waals surface area contributed by atoms with Crippen LogP contribution in [0.4, 0.5) is 4.39 Å². The number of aliphatic carboxylic acids is 1. The molecule has 0 radical (unpaired) electrons. The zero-order valence-electron chi connectivity index (χ0n) is 11.4. The Labute approximate surface area is 140 Å². The van der Waals surface area contributed by atoms with E-state index in [-0.39, 0.29) is 12.0 Å². The fourth-order valence-electron chi connectivity index (χ4n) is 1.98. The van der Waals surface area contributed by atoms with Gasteiger partial charge in [-0.25, -0.2) is 9.18 Å². The van der Waals surface area contributed by atoms with Crippen molar-refractivity contribution in [2.45, 2.75) is 12.5 Å². The third-order valence-corrected chi connectivity index (χ3v) is 3.72. The van der Waals surface area contributed by atoms with Crippen LogP contribution < -0.4 is 5.32 Å². The van der Waals surface area contributed by atoms with Gasteiger partial charge >= 0.3 is 5.97 Å². The normalized spacial score (nSPS) is 11.7. The predicted octanol–water partition coefficient (Wildman–Crippen LogP) is 2.86. The third-order valence-electron chi connectivity index (χ3n) is 3.05. The molecule has 6 heteroatoms. The van der Waals surface area contributed by atoms with Gasteiger partial charge in [-0.05, 0) is 52.4 Å². The smallest absolute Gasteiger partial charge is 0.326 e. The minimum atomic E-state index is -1.16. The van der Waals surface area contributed by atoms with E-state index in [9.17, 15) is 19.1 Å². The number of carbonyl (C=O) groups excluding carboxylic acids is 1. The van der Waals surface area contributed by atoms with Gasteiger partial charge in [0, 0.05) is 9.99 Å². The van der Waals surface area contributed by atoms with E-state index in [4.69, 9.17) is 0 Å². The van der Waals surface area contributed by atoms with E-state index in [0.717, 1.165) is 15.2 Å². The monoisotopic (exact) mass is 413 g/mol. The molecule has 2 rings (SSSR count). The number of hydrogen-bond acceptors (Lipinski definition) is 2. The van der Waals surface area contributed by atoms with Crippen LogP contribution in [-0.4, -0.2) is 23.0 Å². The Hall–Kier alpha value is -1.96. The lowest BCUT2D eigenvalue weighted by molar-refractivity contribution is -0.139. The first-order valence-electron chi connectivity index (χ1n) is 6.50. The molecular formula is C16H13FINO3. The second-order valence-corrected chi connectivity index (χ2v) is 5.92. The molecule has 0 saturated heterocycles. The van der Waals surface area contributed by atoms with E-state index >= 15 is 0 Å². The first-order chi connectivity index (χ1) is 10.5. The van der Waals surface area contributed by atoms with Crippen LogP contribution in [0.5, 0.6) is 0 Å². The van der Waals surface area contributed by atoms with E-state index in [0.29, 0.717) is 0 Å². The summed E-state index contributed by atoms with van der Waals surface area (Å²) in [5, 5.41) is 11.6. The maximum absolute atomic E-state index is 13.6. The number of nitrogens with one attached hydrogen (secondary N) is 1. The molecule has 0 aliphatic carbocycles. The maximum Gasteiger partial charge on any atom is 0.326 e. The molecule has 0 bridgehead atoms. The van der Waals surface area contributed by atoms with Crippen LogP contribution in [0.25, 0.3) is 0 Å². The molecule has 4 nitrogen and oxygen atoms in total. The minimum absolute atomic E-state index is 0.131. The lowest BCUT2D eigenvalue weighted by atomic mass is 10.1. The van der Waals surface area contributed by atoms with Gasteiger partial charge in [0.25, 0.3) is 5.91 Å². The predicted molar refractivity (Wildman–Crippen MR) is 88.2 cm³/mol. The van der Waals surface area contributed by atoms with Gasteiger partial charge in [0.1, 0.15) is 11.9 Å². The fourth-order valence-corrected chi connectivity index (χ4v) is 2.59. The van der Waals surface area contributed by atoms with Crippen molar-refractivity contribution in [1.29, 1.82) is 0 Å². The molecule has 2 N–H and O–H groups in total. The number of amides is 1. The lowest BCUT2D eigenvalue weighted by Gasteiger charge is -2.15. The average molecular weight is 413 g/mol. The molecule has 0 aliphatic heterocycles. The van der Waals surface area contributed by atoms with E-state index < -0.39 is 23.7 Å².